The van der Waals surface area contributed by atoms with E-state index < -0.39 is 0 Å². The molecule has 0 radical (unpaired) electrons. The second-order valence-corrected chi connectivity index (χ2v) is 9.32. The lowest BCUT2D eigenvalue weighted by Gasteiger charge is -2.15. The fourth-order valence-electron chi connectivity index (χ4n) is 3.77. The first-order valence-electron chi connectivity index (χ1n) is 10.1. The van der Waals surface area contributed by atoms with Gasteiger partial charge in [0, 0.05) is 17.1 Å². The number of rotatable bonds is 6. The van der Waals surface area contributed by atoms with Crippen molar-refractivity contribution in [3.63, 3.8) is 0 Å². The summed E-state index contributed by atoms with van der Waals surface area (Å²) in [5, 5.41) is 25.8. The van der Waals surface area contributed by atoms with Gasteiger partial charge in [-0.05, 0) is 52.1 Å². The third kappa shape index (κ3) is 3.90. The van der Waals surface area contributed by atoms with Gasteiger partial charge in [-0.3, -0.25) is 4.79 Å². The molecule has 7 nitrogen and oxygen atoms in total. The zero-order chi connectivity index (χ0) is 21.9. The Kier molecular flexibility index (Phi) is 5.71. The molecule has 0 fully saturated rings. The van der Waals surface area contributed by atoms with E-state index in [9.17, 15) is 10.1 Å². The van der Waals surface area contributed by atoms with Crippen LogP contribution in [-0.4, -0.2) is 31.9 Å². The highest BCUT2D eigenvalue weighted by atomic mass is 32.2. The molecule has 2 aromatic heterocycles. The van der Waals surface area contributed by atoms with Gasteiger partial charge in [0.15, 0.2) is 0 Å². The molecule has 32 heavy (non-hydrogen) atoms. The van der Waals surface area contributed by atoms with E-state index in [2.05, 4.69) is 39.0 Å². The number of benzene rings is 2. The Hall–Kier alpha value is -3.48. The van der Waals surface area contributed by atoms with E-state index in [1.165, 1.54) is 34.2 Å². The molecule has 2 heterocycles. The van der Waals surface area contributed by atoms with Gasteiger partial charge in [-0.25, -0.2) is 0 Å². The highest BCUT2D eigenvalue weighted by molar-refractivity contribution is 7.99. The standard InChI is InChI=1S/C23H18N6OS2/c24-14-19-18-11-10-15-6-4-5-9-17(15)21(18)32-22(19)25-20(30)12-13-31-23-26-27-28-29(23)16-7-2-1-3-8-16/h1-9H,10-13H2,(H,25,30). The lowest BCUT2D eigenvalue weighted by molar-refractivity contribution is -0.115. The number of nitriles is 1. The van der Waals surface area contributed by atoms with E-state index in [0.29, 0.717) is 21.5 Å². The van der Waals surface area contributed by atoms with Crippen LogP contribution < -0.4 is 5.32 Å². The first kappa shape index (κ1) is 20.4. The summed E-state index contributed by atoms with van der Waals surface area (Å²) in [5.74, 6) is 0.397. The molecule has 4 aromatic rings. The molecule has 0 spiro atoms. The molecule has 0 saturated heterocycles. The minimum atomic E-state index is -0.125. The van der Waals surface area contributed by atoms with Crippen LogP contribution in [-0.2, 0) is 17.6 Å². The summed E-state index contributed by atoms with van der Waals surface area (Å²) < 4.78 is 1.65. The summed E-state index contributed by atoms with van der Waals surface area (Å²) >= 11 is 2.91. The number of nitrogens with zero attached hydrogens (tertiary/aromatic N) is 5. The molecule has 158 valence electrons. The number of fused-ring (bicyclic) bond motifs is 3. The number of carbonyl (C=O) groups excluding carboxylic acids is 1. The van der Waals surface area contributed by atoms with Gasteiger partial charge in [-0.15, -0.1) is 16.4 Å². The molecule has 0 unspecified atom stereocenters. The Balaban J connectivity index is 1.26. The van der Waals surface area contributed by atoms with Crippen molar-refractivity contribution in [1.29, 1.82) is 5.26 Å². The second-order valence-electron chi connectivity index (χ2n) is 7.24. The molecule has 0 bridgehead atoms. The lowest BCUT2D eigenvalue weighted by Crippen LogP contribution is -2.12. The number of anilines is 1. The van der Waals surface area contributed by atoms with Crippen molar-refractivity contribution in [2.45, 2.75) is 24.4 Å². The topological polar surface area (TPSA) is 96.5 Å². The average Bonchev–Trinajstić information content (AvgIpc) is 3.43. The number of para-hydroxylation sites is 1. The Morgan fingerprint density at radius 3 is 2.81 bits per heavy atom. The van der Waals surface area contributed by atoms with Crippen molar-refractivity contribution in [3.8, 4) is 22.2 Å². The summed E-state index contributed by atoms with van der Waals surface area (Å²) in [4.78, 5) is 13.7. The maximum absolute atomic E-state index is 12.6. The van der Waals surface area contributed by atoms with Gasteiger partial charge in [0.25, 0.3) is 0 Å². The fraction of sp³-hybridized carbons (Fsp3) is 0.174. The SMILES string of the molecule is N#Cc1c(NC(=O)CCSc2nnnn2-c2ccccc2)sc2c1CCc1ccccc1-2. The lowest BCUT2D eigenvalue weighted by atomic mass is 9.90. The second kappa shape index (κ2) is 8.94. The first-order chi connectivity index (χ1) is 15.7. The molecule has 0 saturated carbocycles. The van der Waals surface area contributed by atoms with Crippen LogP contribution in [0.5, 0.6) is 0 Å². The zero-order valence-corrected chi connectivity index (χ0v) is 18.6. The van der Waals surface area contributed by atoms with Gasteiger partial charge in [0.05, 0.1) is 11.3 Å². The molecule has 9 heteroatoms. The summed E-state index contributed by atoms with van der Waals surface area (Å²) in [6, 6.07) is 20.2. The molecule has 0 aliphatic heterocycles. The van der Waals surface area contributed by atoms with E-state index in [1.807, 2.05) is 42.5 Å². The van der Waals surface area contributed by atoms with Crippen LogP contribution in [0.4, 0.5) is 5.00 Å². The molecule has 1 amide bonds. The number of thiophene rings is 1. The summed E-state index contributed by atoms with van der Waals surface area (Å²) in [6.45, 7) is 0. The summed E-state index contributed by atoms with van der Waals surface area (Å²) in [5.41, 5.74) is 4.96. The minimum Gasteiger partial charge on any atom is -0.317 e. The Labute approximate surface area is 193 Å². The van der Waals surface area contributed by atoms with E-state index >= 15 is 0 Å². The maximum atomic E-state index is 12.6. The number of tetrazole rings is 1. The van der Waals surface area contributed by atoms with Crippen LogP contribution in [0, 0.1) is 11.3 Å². The van der Waals surface area contributed by atoms with Crippen molar-refractivity contribution in [3.05, 3.63) is 71.3 Å². The van der Waals surface area contributed by atoms with Crippen LogP contribution in [0.1, 0.15) is 23.1 Å². The van der Waals surface area contributed by atoms with Crippen LogP contribution in [0.3, 0.4) is 0 Å². The summed E-state index contributed by atoms with van der Waals surface area (Å²) in [7, 11) is 0. The molecule has 1 aliphatic rings. The highest BCUT2D eigenvalue weighted by Gasteiger charge is 2.25. The number of carbonyl (C=O) groups is 1. The monoisotopic (exact) mass is 458 g/mol. The van der Waals surface area contributed by atoms with Crippen molar-refractivity contribution < 1.29 is 4.79 Å². The summed E-state index contributed by atoms with van der Waals surface area (Å²) in [6.07, 6.45) is 2.02. The van der Waals surface area contributed by atoms with E-state index in [-0.39, 0.29) is 12.3 Å². The smallest absolute Gasteiger partial charge is 0.225 e. The highest BCUT2D eigenvalue weighted by Crippen LogP contribution is 2.44. The van der Waals surface area contributed by atoms with Crippen LogP contribution in [0.15, 0.2) is 59.8 Å². The molecule has 0 atom stereocenters. The Morgan fingerprint density at radius 1 is 1.16 bits per heavy atom. The van der Waals surface area contributed by atoms with Crippen molar-refractivity contribution in [2.75, 3.05) is 11.1 Å². The maximum Gasteiger partial charge on any atom is 0.225 e. The predicted molar refractivity (Wildman–Crippen MR) is 125 cm³/mol. The van der Waals surface area contributed by atoms with Crippen molar-refractivity contribution in [1.82, 2.24) is 20.2 Å². The van der Waals surface area contributed by atoms with E-state index in [0.717, 1.165) is 29.0 Å². The quantitative estimate of drug-likeness (QED) is 0.428. The van der Waals surface area contributed by atoms with Crippen LogP contribution in [0.25, 0.3) is 16.1 Å². The third-order valence-corrected chi connectivity index (χ3v) is 7.38. The number of amides is 1. The van der Waals surface area contributed by atoms with E-state index in [1.54, 1.807) is 4.68 Å². The molecule has 5 rings (SSSR count). The third-order valence-electron chi connectivity index (χ3n) is 5.28. The van der Waals surface area contributed by atoms with Crippen LogP contribution in [0.2, 0.25) is 0 Å². The van der Waals surface area contributed by atoms with Gasteiger partial charge in [-0.1, -0.05) is 54.2 Å². The average molecular weight is 459 g/mol. The first-order valence-corrected chi connectivity index (χ1v) is 12.0. The number of aryl methyl sites for hydroxylation is 1. The number of hydrogen-bond donors (Lipinski definition) is 1. The van der Waals surface area contributed by atoms with Gasteiger partial charge < -0.3 is 5.32 Å². The number of hydrogen-bond acceptors (Lipinski definition) is 7. The molecular formula is C23H18N6OS2. The fourth-order valence-corrected chi connectivity index (χ4v) is 5.88. The zero-order valence-electron chi connectivity index (χ0n) is 17.0. The largest absolute Gasteiger partial charge is 0.317 e. The number of aromatic nitrogens is 4. The van der Waals surface area contributed by atoms with Gasteiger partial charge in [0.1, 0.15) is 11.1 Å². The van der Waals surface area contributed by atoms with Gasteiger partial charge in [-0.2, -0.15) is 9.94 Å². The Bertz CT molecular complexity index is 1320. The van der Waals surface area contributed by atoms with Crippen LogP contribution >= 0.6 is 23.1 Å². The Morgan fingerprint density at radius 2 is 1.97 bits per heavy atom. The van der Waals surface area contributed by atoms with E-state index in [4.69, 9.17) is 0 Å². The predicted octanol–water partition coefficient (Wildman–Crippen LogP) is 4.48. The number of nitrogens with one attached hydrogen (secondary N) is 1. The van der Waals surface area contributed by atoms with Crippen molar-refractivity contribution >= 4 is 34.0 Å². The van der Waals surface area contributed by atoms with Gasteiger partial charge >= 0.3 is 0 Å². The molecule has 1 aliphatic carbocycles. The number of thioether (sulfide) groups is 1. The van der Waals surface area contributed by atoms with Gasteiger partial charge in [0.2, 0.25) is 11.1 Å². The molecule has 1 N–H and O–H groups in total. The van der Waals surface area contributed by atoms with Crippen molar-refractivity contribution in [2.24, 2.45) is 0 Å². The molecule has 2 aromatic carbocycles. The minimum absolute atomic E-state index is 0.125. The molecular weight excluding hydrogens is 440 g/mol. The normalized spacial score (nSPS) is 12.0.